The number of rotatable bonds is 5. The zero-order valence-electron chi connectivity index (χ0n) is 13.1. The van der Waals surface area contributed by atoms with Gasteiger partial charge in [0.15, 0.2) is 0 Å². The monoisotopic (exact) mass is 318 g/mol. The zero-order valence-corrected chi connectivity index (χ0v) is 13.1. The molecule has 0 saturated carbocycles. The molecule has 2 heterocycles. The first-order chi connectivity index (χ1) is 11.0. The number of β-amino-alcohol motifs (C(OH)–C–C–N with tert-alkyl or cyclic N) is 1. The van der Waals surface area contributed by atoms with Crippen molar-refractivity contribution in [1.82, 2.24) is 9.80 Å². The number of amides is 2. The van der Waals surface area contributed by atoms with E-state index in [4.69, 9.17) is 0 Å². The Balaban J connectivity index is 1.65. The largest absolute Gasteiger partial charge is 0.391 e. The van der Waals surface area contributed by atoms with Crippen LogP contribution >= 0.6 is 0 Å². The van der Waals surface area contributed by atoms with Gasteiger partial charge in [0.05, 0.1) is 30.6 Å². The number of nitrogens with zero attached hydrogens (tertiary/aromatic N) is 2. The molecule has 6 nitrogen and oxygen atoms in total. The predicted molar refractivity (Wildman–Crippen MR) is 83.1 cm³/mol. The Hall–Kier alpha value is -1.76. The second-order valence-corrected chi connectivity index (χ2v) is 6.49. The highest BCUT2D eigenvalue weighted by Gasteiger charge is 2.52. The van der Waals surface area contributed by atoms with E-state index >= 15 is 0 Å². The standard InChI is InChI=1S/C17H22N2O4/c1-11(20)15(21)10-18-8-13-14(9-18)17(23)19(16(13)22)7-12-5-3-2-4-6-12/h2-6,11,13-15,20-21H,7-10H2,1H3/t11?,13-,14+,15?. The highest BCUT2D eigenvalue weighted by molar-refractivity contribution is 6.05. The minimum absolute atomic E-state index is 0.127. The quantitative estimate of drug-likeness (QED) is 0.738. The number of likely N-dealkylation sites (tertiary alicyclic amines) is 2. The summed E-state index contributed by atoms with van der Waals surface area (Å²) in [6.45, 7) is 3.06. The van der Waals surface area contributed by atoms with Gasteiger partial charge in [-0.1, -0.05) is 30.3 Å². The van der Waals surface area contributed by atoms with Gasteiger partial charge in [-0.2, -0.15) is 0 Å². The molecule has 4 atom stereocenters. The van der Waals surface area contributed by atoms with Gasteiger partial charge in [-0.05, 0) is 12.5 Å². The minimum Gasteiger partial charge on any atom is -0.391 e. The van der Waals surface area contributed by atoms with Crippen molar-refractivity contribution in [2.45, 2.75) is 25.7 Å². The summed E-state index contributed by atoms with van der Waals surface area (Å²) in [7, 11) is 0. The van der Waals surface area contributed by atoms with Crippen molar-refractivity contribution in [3.63, 3.8) is 0 Å². The molecule has 0 aromatic heterocycles. The van der Waals surface area contributed by atoms with Crippen LogP contribution in [0.5, 0.6) is 0 Å². The van der Waals surface area contributed by atoms with E-state index in [1.165, 1.54) is 11.8 Å². The summed E-state index contributed by atoms with van der Waals surface area (Å²) in [6.07, 6.45) is -1.68. The van der Waals surface area contributed by atoms with Gasteiger partial charge in [0, 0.05) is 19.6 Å². The molecule has 0 bridgehead atoms. The third-order valence-electron chi connectivity index (χ3n) is 4.75. The molecule has 0 aliphatic carbocycles. The van der Waals surface area contributed by atoms with Crippen molar-refractivity contribution in [2.75, 3.05) is 19.6 Å². The summed E-state index contributed by atoms with van der Waals surface area (Å²) in [5, 5.41) is 19.1. The number of hydrogen-bond acceptors (Lipinski definition) is 5. The maximum absolute atomic E-state index is 12.5. The molecule has 3 rings (SSSR count). The molecule has 0 spiro atoms. The molecule has 23 heavy (non-hydrogen) atoms. The highest BCUT2D eigenvalue weighted by Crippen LogP contribution is 2.34. The molecule has 124 valence electrons. The number of hydrogen-bond donors (Lipinski definition) is 2. The lowest BCUT2D eigenvalue weighted by molar-refractivity contribution is -0.141. The smallest absolute Gasteiger partial charge is 0.234 e. The maximum atomic E-state index is 12.5. The first-order valence-corrected chi connectivity index (χ1v) is 7.95. The number of aliphatic hydroxyl groups excluding tert-OH is 2. The predicted octanol–water partition coefficient (Wildman–Crippen LogP) is -0.155. The third kappa shape index (κ3) is 3.15. The van der Waals surface area contributed by atoms with Gasteiger partial charge >= 0.3 is 0 Å². The Bertz CT molecular complexity index is 566. The normalized spacial score (nSPS) is 27.3. The van der Waals surface area contributed by atoms with Crippen LogP contribution in [0.15, 0.2) is 30.3 Å². The van der Waals surface area contributed by atoms with Gasteiger partial charge < -0.3 is 10.2 Å². The number of aliphatic hydroxyl groups is 2. The summed E-state index contributed by atoms with van der Waals surface area (Å²) in [5.41, 5.74) is 0.940. The van der Waals surface area contributed by atoms with Gasteiger partial charge in [0.25, 0.3) is 0 Å². The molecular weight excluding hydrogens is 296 g/mol. The molecule has 6 heteroatoms. The van der Waals surface area contributed by atoms with Gasteiger partial charge in [-0.15, -0.1) is 0 Å². The third-order valence-corrected chi connectivity index (χ3v) is 4.75. The van der Waals surface area contributed by atoms with Crippen LogP contribution < -0.4 is 0 Å². The Labute approximate surface area is 135 Å². The van der Waals surface area contributed by atoms with E-state index in [0.29, 0.717) is 19.6 Å². The molecule has 2 aliphatic rings. The molecule has 2 fully saturated rings. The topological polar surface area (TPSA) is 81.1 Å². The van der Waals surface area contributed by atoms with Crippen molar-refractivity contribution in [3.8, 4) is 0 Å². The molecule has 1 aromatic carbocycles. The van der Waals surface area contributed by atoms with Crippen LogP contribution in [0, 0.1) is 11.8 Å². The van der Waals surface area contributed by atoms with E-state index in [0.717, 1.165) is 5.56 Å². The molecule has 2 saturated heterocycles. The summed E-state index contributed by atoms with van der Waals surface area (Å²) in [4.78, 5) is 28.3. The van der Waals surface area contributed by atoms with Crippen LogP contribution in [0.3, 0.4) is 0 Å². The first-order valence-electron chi connectivity index (χ1n) is 7.95. The Kier molecular flexibility index (Phi) is 4.48. The number of imide groups is 1. The fourth-order valence-electron chi connectivity index (χ4n) is 3.38. The molecule has 2 amide bonds. The average molecular weight is 318 g/mol. The molecule has 0 radical (unpaired) electrons. The van der Waals surface area contributed by atoms with Gasteiger partial charge in [-0.3, -0.25) is 19.4 Å². The van der Waals surface area contributed by atoms with E-state index in [1.807, 2.05) is 35.2 Å². The van der Waals surface area contributed by atoms with Crippen molar-refractivity contribution in [3.05, 3.63) is 35.9 Å². The molecular formula is C17H22N2O4. The van der Waals surface area contributed by atoms with E-state index in [2.05, 4.69) is 0 Å². The summed E-state index contributed by atoms with van der Waals surface area (Å²) in [6, 6.07) is 9.48. The number of carbonyl (C=O) groups excluding carboxylic acids is 2. The van der Waals surface area contributed by atoms with Crippen LogP contribution in [-0.4, -0.2) is 63.7 Å². The van der Waals surface area contributed by atoms with Gasteiger partial charge in [-0.25, -0.2) is 0 Å². The zero-order chi connectivity index (χ0) is 16.6. The minimum atomic E-state index is -0.862. The molecule has 2 unspecified atom stereocenters. The van der Waals surface area contributed by atoms with Crippen LogP contribution in [0.25, 0.3) is 0 Å². The van der Waals surface area contributed by atoms with E-state index in [-0.39, 0.29) is 30.2 Å². The summed E-state index contributed by atoms with van der Waals surface area (Å²) >= 11 is 0. The number of benzene rings is 1. The van der Waals surface area contributed by atoms with Crippen molar-refractivity contribution >= 4 is 11.8 Å². The van der Waals surface area contributed by atoms with Crippen molar-refractivity contribution in [2.24, 2.45) is 11.8 Å². The van der Waals surface area contributed by atoms with Crippen LogP contribution in [0.4, 0.5) is 0 Å². The van der Waals surface area contributed by atoms with E-state index in [1.54, 1.807) is 0 Å². The average Bonchev–Trinajstić information content (AvgIpc) is 3.03. The molecule has 2 N–H and O–H groups in total. The van der Waals surface area contributed by atoms with Crippen LogP contribution in [0.2, 0.25) is 0 Å². The SMILES string of the molecule is CC(O)C(O)CN1C[C@@H]2C(=O)N(Cc3ccccc3)C(=O)[C@@H]2C1. The lowest BCUT2D eigenvalue weighted by Gasteiger charge is -2.23. The Morgan fingerprint density at radius 2 is 1.65 bits per heavy atom. The Morgan fingerprint density at radius 3 is 2.17 bits per heavy atom. The molecule has 2 aliphatic heterocycles. The van der Waals surface area contributed by atoms with Gasteiger partial charge in [0.2, 0.25) is 11.8 Å². The van der Waals surface area contributed by atoms with Crippen LogP contribution in [0.1, 0.15) is 12.5 Å². The van der Waals surface area contributed by atoms with Crippen molar-refractivity contribution < 1.29 is 19.8 Å². The van der Waals surface area contributed by atoms with E-state index < -0.39 is 12.2 Å². The molecule has 1 aromatic rings. The maximum Gasteiger partial charge on any atom is 0.234 e. The fourth-order valence-corrected chi connectivity index (χ4v) is 3.38. The van der Waals surface area contributed by atoms with Crippen LogP contribution in [-0.2, 0) is 16.1 Å². The highest BCUT2D eigenvalue weighted by atomic mass is 16.3. The second kappa shape index (κ2) is 6.39. The lowest BCUT2D eigenvalue weighted by Crippen LogP contribution is -2.40. The van der Waals surface area contributed by atoms with Gasteiger partial charge in [0.1, 0.15) is 0 Å². The summed E-state index contributed by atoms with van der Waals surface area (Å²) < 4.78 is 0. The first kappa shape index (κ1) is 16.1. The van der Waals surface area contributed by atoms with E-state index in [9.17, 15) is 19.8 Å². The number of carbonyl (C=O) groups is 2. The van der Waals surface area contributed by atoms with Crippen molar-refractivity contribution in [1.29, 1.82) is 0 Å². The Morgan fingerprint density at radius 1 is 1.09 bits per heavy atom. The lowest BCUT2D eigenvalue weighted by atomic mass is 10.00. The summed E-state index contributed by atoms with van der Waals surface area (Å²) in [5.74, 6) is -0.907. The second-order valence-electron chi connectivity index (χ2n) is 6.49. The fraction of sp³-hybridized carbons (Fsp3) is 0.529. The number of fused-ring (bicyclic) bond motifs is 1.